The first-order chi connectivity index (χ1) is 19.0. The maximum Gasteiger partial charge on any atom is 0.421 e. The summed E-state index contributed by atoms with van der Waals surface area (Å²) in [6, 6.07) is 6.69. The number of anilines is 1. The van der Waals surface area contributed by atoms with Crippen LogP contribution in [0.3, 0.4) is 0 Å². The molecule has 0 radical (unpaired) electrons. The number of benzene rings is 2. The van der Waals surface area contributed by atoms with E-state index < -0.39 is 54.5 Å². The molecule has 2 aromatic carbocycles. The van der Waals surface area contributed by atoms with Crippen LogP contribution >= 0.6 is 23.2 Å². The molecule has 0 aromatic heterocycles. The lowest BCUT2D eigenvalue weighted by molar-refractivity contribution is -0.264. The lowest BCUT2D eigenvalue weighted by Crippen LogP contribution is -2.44. The van der Waals surface area contributed by atoms with Crippen molar-refractivity contribution in [2.75, 3.05) is 12.1 Å². The van der Waals surface area contributed by atoms with Crippen LogP contribution in [-0.2, 0) is 19.9 Å². The molecule has 1 amide bonds. The van der Waals surface area contributed by atoms with Gasteiger partial charge in [-0.1, -0.05) is 29.3 Å². The van der Waals surface area contributed by atoms with Gasteiger partial charge in [0.25, 0.3) is 6.47 Å². The number of nitrogens with one attached hydrogen (secondary N) is 1. The van der Waals surface area contributed by atoms with E-state index in [1.807, 2.05) is 20.8 Å². The van der Waals surface area contributed by atoms with Crippen LogP contribution in [0.4, 0.5) is 32.0 Å². The quantitative estimate of drug-likeness (QED) is 0.131. The van der Waals surface area contributed by atoms with Gasteiger partial charge in [-0.25, -0.2) is 0 Å². The van der Waals surface area contributed by atoms with E-state index in [1.54, 1.807) is 0 Å². The minimum Gasteiger partial charge on any atom is -0.462 e. The molecule has 234 valence electrons. The first-order valence-electron chi connectivity index (χ1n) is 12.1. The number of rotatable bonds is 9. The van der Waals surface area contributed by atoms with Crippen LogP contribution in [0.15, 0.2) is 36.4 Å². The summed E-state index contributed by atoms with van der Waals surface area (Å²) in [7, 11) is 1.22. The smallest absolute Gasteiger partial charge is 0.421 e. The van der Waals surface area contributed by atoms with Crippen LogP contribution < -0.4 is 10.4 Å². The number of carbonyl (C=O) groups excluding carboxylic acids is 3. The highest BCUT2D eigenvalue weighted by Crippen LogP contribution is 2.43. The van der Waals surface area contributed by atoms with Gasteiger partial charge in [0.15, 0.2) is 11.4 Å². The Kier molecular flexibility index (Phi) is 12.7. The summed E-state index contributed by atoms with van der Waals surface area (Å²) in [5.41, 5.74) is -2.37. The Morgan fingerprint density at radius 1 is 1.02 bits per heavy atom. The molecular weight excluding hydrogens is 617 g/mol. The number of halogens is 8. The zero-order valence-corrected chi connectivity index (χ0v) is 24.7. The van der Waals surface area contributed by atoms with Crippen molar-refractivity contribution in [2.45, 2.75) is 70.5 Å². The van der Waals surface area contributed by atoms with Crippen LogP contribution in [0.1, 0.15) is 61.5 Å². The first-order valence-corrected chi connectivity index (χ1v) is 12.9. The average molecular weight is 647 g/mol. The normalized spacial score (nSPS) is 13.3. The van der Waals surface area contributed by atoms with E-state index in [-0.39, 0.29) is 26.9 Å². The number of amides is 1. The number of carbonyl (C=O) groups is 3. The number of hydrazine groups is 1. The Bertz CT molecular complexity index is 1240. The molecule has 2 aromatic rings. The van der Waals surface area contributed by atoms with Crippen molar-refractivity contribution >= 4 is 47.1 Å². The second kappa shape index (κ2) is 14.4. The van der Waals surface area contributed by atoms with E-state index >= 15 is 0 Å². The van der Waals surface area contributed by atoms with Crippen molar-refractivity contribution in [3.63, 3.8) is 0 Å². The van der Waals surface area contributed by atoms with Crippen molar-refractivity contribution in [2.24, 2.45) is 0 Å². The molecule has 0 aliphatic heterocycles. The molecule has 0 aliphatic carbocycles. The Hall–Kier alpha value is -3.03. The summed E-state index contributed by atoms with van der Waals surface area (Å²) >= 11 is 11.9. The maximum atomic E-state index is 13.9. The molecule has 0 spiro atoms. The molecule has 1 unspecified atom stereocenters. The lowest BCUT2D eigenvalue weighted by Gasteiger charge is -2.31. The third kappa shape index (κ3) is 11.7. The fourth-order valence-electron chi connectivity index (χ4n) is 3.32. The average Bonchev–Trinajstić information content (AvgIpc) is 2.80. The Morgan fingerprint density at radius 3 is 2.07 bits per heavy atom. The van der Waals surface area contributed by atoms with Crippen molar-refractivity contribution < 1.29 is 50.6 Å². The molecule has 15 heteroatoms. The fourth-order valence-corrected chi connectivity index (χ4v) is 3.86. The van der Waals surface area contributed by atoms with Gasteiger partial charge in [0.2, 0.25) is 5.91 Å². The molecule has 42 heavy (non-hydrogen) atoms. The largest absolute Gasteiger partial charge is 0.462 e. The first kappa shape index (κ1) is 37.0. The zero-order valence-electron chi connectivity index (χ0n) is 23.2. The predicted molar refractivity (Wildman–Crippen MR) is 145 cm³/mol. The number of nitrogens with zero attached hydrogens (tertiary/aromatic N) is 1. The van der Waals surface area contributed by atoms with E-state index in [0.29, 0.717) is 12.0 Å². The summed E-state index contributed by atoms with van der Waals surface area (Å²) in [4.78, 5) is 34.2. The van der Waals surface area contributed by atoms with Gasteiger partial charge in [-0.2, -0.15) is 26.3 Å². The van der Waals surface area contributed by atoms with Crippen LogP contribution in [0.5, 0.6) is 0 Å². The Labute approximate surface area is 248 Å². The molecule has 0 fully saturated rings. The van der Waals surface area contributed by atoms with Crippen molar-refractivity contribution in [1.29, 1.82) is 0 Å². The lowest BCUT2D eigenvalue weighted by atomic mass is 9.85. The second-order valence-corrected chi connectivity index (χ2v) is 11.0. The molecule has 0 bridgehead atoms. The second-order valence-electron chi connectivity index (χ2n) is 10.2. The third-order valence-electron chi connectivity index (χ3n) is 5.36. The summed E-state index contributed by atoms with van der Waals surface area (Å²) in [6.07, 6.45) is -13.4. The number of alkyl halides is 6. The summed E-state index contributed by atoms with van der Waals surface area (Å²) < 4.78 is 83.2. The molecule has 0 saturated heterocycles. The van der Waals surface area contributed by atoms with Crippen molar-refractivity contribution in [1.82, 2.24) is 5.43 Å². The fraction of sp³-hybridized carbons (Fsp3) is 0.444. The number of ether oxygens (including phenoxy) is 1. The van der Waals surface area contributed by atoms with Gasteiger partial charge in [0, 0.05) is 24.1 Å². The highest BCUT2D eigenvalue weighted by Gasteiger charge is 2.56. The highest BCUT2D eigenvalue weighted by molar-refractivity contribution is 6.33. The molecule has 0 aliphatic rings. The number of Topliss-reactive ketones (excluding diaryl/α,β-unsaturated/α-hetero) is 1. The number of aliphatic hydroxyl groups is 1. The number of hydrogen-bond acceptors (Lipinski definition) is 6. The van der Waals surface area contributed by atoms with Crippen molar-refractivity contribution in [3.8, 4) is 0 Å². The summed E-state index contributed by atoms with van der Waals surface area (Å²) in [6.45, 7) is 7.39. The highest BCUT2D eigenvalue weighted by atomic mass is 35.5. The van der Waals surface area contributed by atoms with Crippen LogP contribution in [0.25, 0.3) is 0 Å². The van der Waals surface area contributed by atoms with Gasteiger partial charge in [-0.15, -0.1) is 0 Å². The Morgan fingerprint density at radius 2 is 1.62 bits per heavy atom. The summed E-state index contributed by atoms with van der Waals surface area (Å²) in [5.74, 6) is -2.11. The van der Waals surface area contributed by atoms with Crippen LogP contribution in [0.2, 0.25) is 10.0 Å². The van der Waals surface area contributed by atoms with E-state index in [4.69, 9.17) is 23.2 Å². The van der Waals surface area contributed by atoms with Crippen LogP contribution in [-0.4, -0.2) is 48.3 Å². The number of hydrogen-bond donors (Lipinski definition) is 2. The topological polar surface area (TPSA) is 95.9 Å². The molecule has 0 saturated carbocycles. The number of aryl methyl sites for hydroxylation is 1. The molecule has 7 nitrogen and oxygen atoms in total. The van der Waals surface area contributed by atoms with E-state index in [9.17, 15) is 45.8 Å². The van der Waals surface area contributed by atoms with E-state index in [0.717, 1.165) is 29.3 Å². The molecular formula is C27H30Cl2F6N2O5. The van der Waals surface area contributed by atoms with E-state index in [1.165, 1.54) is 26.1 Å². The van der Waals surface area contributed by atoms with Gasteiger partial charge in [0.1, 0.15) is 5.60 Å². The standard InChI is InChI=1S/C22H20Cl2F6N2O3.C5H10O2/c1-12-7-14(10-15(23)8-12)20(35,22(28,29)30)11-18(33)13-3-4-16(24)17(9-13)32(2)31-19(34)5-6-21(25,26)27;1-5(2,3)7-4-6/h3-4,7-10,35H,5-6,11H2,1-2H3,(H,31,34);4H,1-3H3. The van der Waals surface area contributed by atoms with Gasteiger partial charge >= 0.3 is 12.4 Å². The predicted octanol–water partition coefficient (Wildman–Crippen LogP) is 7.09. The SMILES string of the molecule is CC(C)(C)OC=O.Cc1cc(Cl)cc(C(O)(CC(=O)c2ccc(Cl)c(N(C)NC(=O)CCC(F)(F)F)c2)C(F)(F)F)c1. The molecule has 2 rings (SSSR count). The Balaban J connectivity index is 0.00000112. The third-order valence-corrected chi connectivity index (χ3v) is 5.90. The number of ketones is 1. The molecule has 2 N–H and O–H groups in total. The molecule has 0 heterocycles. The monoisotopic (exact) mass is 646 g/mol. The van der Waals surface area contributed by atoms with E-state index in [2.05, 4.69) is 10.2 Å². The van der Waals surface area contributed by atoms with Gasteiger partial charge in [-0.05, 0) is 69.2 Å². The minimum absolute atomic E-state index is 0.0447. The van der Waals surface area contributed by atoms with Gasteiger partial charge in [-0.3, -0.25) is 24.8 Å². The maximum absolute atomic E-state index is 13.9. The van der Waals surface area contributed by atoms with Gasteiger partial charge < -0.3 is 9.84 Å². The van der Waals surface area contributed by atoms with Crippen molar-refractivity contribution in [3.05, 3.63) is 63.1 Å². The van der Waals surface area contributed by atoms with Crippen LogP contribution in [0, 0.1) is 6.92 Å². The minimum atomic E-state index is -5.24. The zero-order chi connectivity index (χ0) is 32.7. The van der Waals surface area contributed by atoms with Gasteiger partial charge in [0.05, 0.1) is 23.6 Å². The summed E-state index contributed by atoms with van der Waals surface area (Å²) in [5, 5.41) is 11.4. The molecule has 1 atom stereocenters.